The third-order valence-electron chi connectivity index (χ3n) is 5.12. The molecule has 0 aromatic heterocycles. The highest BCUT2D eigenvalue weighted by molar-refractivity contribution is 4.80. The minimum absolute atomic E-state index is 0.318. The Morgan fingerprint density at radius 2 is 1.90 bits per heavy atom. The highest BCUT2D eigenvalue weighted by Crippen LogP contribution is 2.28. The molecule has 2 aliphatic rings. The van der Waals surface area contributed by atoms with Gasteiger partial charge in [0.05, 0.1) is 18.8 Å². The first-order valence-corrected chi connectivity index (χ1v) is 8.65. The second kappa shape index (κ2) is 8.47. The van der Waals surface area contributed by atoms with E-state index in [2.05, 4.69) is 19.2 Å². The fourth-order valence-electron chi connectivity index (χ4n) is 3.28. The van der Waals surface area contributed by atoms with Crippen LogP contribution in [-0.4, -0.2) is 50.2 Å². The van der Waals surface area contributed by atoms with Gasteiger partial charge in [0.25, 0.3) is 0 Å². The maximum atomic E-state index is 10.0. The van der Waals surface area contributed by atoms with Crippen LogP contribution in [0.15, 0.2) is 0 Å². The van der Waals surface area contributed by atoms with Crippen LogP contribution in [0.4, 0.5) is 0 Å². The average molecular weight is 299 g/mol. The maximum absolute atomic E-state index is 10.0. The lowest BCUT2D eigenvalue weighted by molar-refractivity contribution is -0.0294. The van der Waals surface area contributed by atoms with E-state index < -0.39 is 6.10 Å². The monoisotopic (exact) mass is 299 g/mol. The van der Waals surface area contributed by atoms with E-state index in [1.165, 1.54) is 12.8 Å². The molecule has 1 saturated heterocycles. The Labute approximate surface area is 129 Å². The molecule has 0 aromatic rings. The molecule has 21 heavy (non-hydrogen) atoms. The fraction of sp³-hybridized carbons (Fsp3) is 1.00. The Bertz CT molecular complexity index is 284. The lowest BCUT2D eigenvalue weighted by Gasteiger charge is -2.34. The van der Waals surface area contributed by atoms with E-state index in [1.54, 1.807) is 0 Å². The topological polar surface area (TPSA) is 50.7 Å². The summed E-state index contributed by atoms with van der Waals surface area (Å²) < 4.78 is 11.3. The third kappa shape index (κ3) is 6.23. The van der Waals surface area contributed by atoms with Crippen molar-refractivity contribution in [2.24, 2.45) is 11.3 Å². The molecule has 1 aliphatic carbocycles. The lowest BCUT2D eigenvalue weighted by atomic mass is 9.82. The van der Waals surface area contributed by atoms with Crippen molar-refractivity contribution in [2.45, 2.75) is 64.6 Å². The zero-order chi connectivity index (χ0) is 15.1. The predicted molar refractivity (Wildman–Crippen MR) is 84.4 cm³/mol. The van der Waals surface area contributed by atoms with E-state index in [0.29, 0.717) is 24.7 Å². The molecule has 2 rings (SSSR count). The average Bonchev–Trinajstić information content (AvgIpc) is 2.47. The summed E-state index contributed by atoms with van der Waals surface area (Å²) in [5.41, 5.74) is 0.318. The van der Waals surface area contributed by atoms with Crippen molar-refractivity contribution in [1.82, 2.24) is 5.32 Å². The van der Waals surface area contributed by atoms with Crippen LogP contribution in [-0.2, 0) is 9.47 Å². The van der Waals surface area contributed by atoms with Gasteiger partial charge in [-0.05, 0) is 49.9 Å². The van der Waals surface area contributed by atoms with Crippen molar-refractivity contribution in [3.63, 3.8) is 0 Å². The first-order chi connectivity index (χ1) is 10.1. The van der Waals surface area contributed by atoms with Gasteiger partial charge in [-0.2, -0.15) is 0 Å². The molecule has 2 fully saturated rings. The number of hydrogen-bond donors (Lipinski definition) is 2. The van der Waals surface area contributed by atoms with Gasteiger partial charge in [0.1, 0.15) is 0 Å². The molecule has 0 spiro atoms. The maximum Gasteiger partial charge on any atom is 0.0897 e. The van der Waals surface area contributed by atoms with Crippen LogP contribution in [0.3, 0.4) is 0 Å². The Balaban J connectivity index is 1.54. The third-order valence-corrected chi connectivity index (χ3v) is 5.12. The highest BCUT2D eigenvalue weighted by Gasteiger charge is 2.27. The molecule has 1 heterocycles. The predicted octanol–water partition coefficient (Wildman–Crippen LogP) is 2.35. The van der Waals surface area contributed by atoms with E-state index >= 15 is 0 Å². The van der Waals surface area contributed by atoms with Crippen LogP contribution >= 0.6 is 0 Å². The number of hydrogen-bond acceptors (Lipinski definition) is 4. The van der Waals surface area contributed by atoms with E-state index in [1.807, 2.05) is 0 Å². The van der Waals surface area contributed by atoms with Crippen molar-refractivity contribution >= 4 is 0 Å². The molecule has 4 nitrogen and oxygen atoms in total. The fourth-order valence-corrected chi connectivity index (χ4v) is 3.28. The first-order valence-electron chi connectivity index (χ1n) is 8.65. The smallest absolute Gasteiger partial charge is 0.0897 e. The Morgan fingerprint density at radius 3 is 2.57 bits per heavy atom. The number of rotatable bonds is 7. The highest BCUT2D eigenvalue weighted by atomic mass is 16.5. The second-order valence-electron chi connectivity index (χ2n) is 7.42. The van der Waals surface area contributed by atoms with Gasteiger partial charge < -0.3 is 19.9 Å². The number of aliphatic hydroxyl groups excluding tert-OH is 1. The van der Waals surface area contributed by atoms with E-state index in [4.69, 9.17) is 9.47 Å². The van der Waals surface area contributed by atoms with Crippen LogP contribution in [0.1, 0.15) is 52.4 Å². The first kappa shape index (κ1) is 17.2. The molecule has 124 valence electrons. The minimum atomic E-state index is -0.396. The number of aliphatic hydroxyl groups is 1. The molecule has 0 amide bonds. The van der Waals surface area contributed by atoms with Gasteiger partial charge in [-0.25, -0.2) is 0 Å². The molecule has 1 saturated carbocycles. The SMILES string of the molecule is CC1CCC(OCC(O)CNCC2(C)CCOCC2)CC1. The van der Waals surface area contributed by atoms with Gasteiger partial charge in [-0.1, -0.05) is 13.8 Å². The van der Waals surface area contributed by atoms with Crippen LogP contribution in [0.2, 0.25) is 0 Å². The summed E-state index contributed by atoms with van der Waals surface area (Å²) in [7, 11) is 0. The van der Waals surface area contributed by atoms with Crippen LogP contribution in [0.25, 0.3) is 0 Å². The van der Waals surface area contributed by atoms with Crippen molar-refractivity contribution in [1.29, 1.82) is 0 Å². The summed E-state index contributed by atoms with van der Waals surface area (Å²) in [6.07, 6.45) is 7.01. The summed E-state index contributed by atoms with van der Waals surface area (Å²) in [5.74, 6) is 0.844. The Hall–Kier alpha value is -0.160. The van der Waals surface area contributed by atoms with Crippen LogP contribution in [0, 0.1) is 11.3 Å². The molecule has 4 heteroatoms. The van der Waals surface area contributed by atoms with Gasteiger partial charge in [-0.3, -0.25) is 0 Å². The van der Waals surface area contributed by atoms with Crippen LogP contribution in [0.5, 0.6) is 0 Å². The standard InChI is InChI=1S/C17H33NO3/c1-14-3-5-16(6-4-14)21-12-15(19)11-18-13-17(2)7-9-20-10-8-17/h14-16,18-19H,3-13H2,1-2H3. The zero-order valence-corrected chi connectivity index (χ0v) is 13.8. The quantitative estimate of drug-likeness (QED) is 0.757. The molecule has 2 N–H and O–H groups in total. The van der Waals surface area contributed by atoms with Gasteiger partial charge in [0, 0.05) is 26.3 Å². The Morgan fingerprint density at radius 1 is 1.24 bits per heavy atom. The largest absolute Gasteiger partial charge is 0.389 e. The minimum Gasteiger partial charge on any atom is -0.389 e. The van der Waals surface area contributed by atoms with Gasteiger partial charge >= 0.3 is 0 Å². The van der Waals surface area contributed by atoms with Crippen molar-refractivity contribution in [2.75, 3.05) is 32.9 Å². The number of ether oxygens (including phenoxy) is 2. The van der Waals surface area contributed by atoms with Gasteiger partial charge in [0.15, 0.2) is 0 Å². The van der Waals surface area contributed by atoms with Crippen molar-refractivity contribution in [3.8, 4) is 0 Å². The summed E-state index contributed by atoms with van der Waals surface area (Å²) in [4.78, 5) is 0. The normalized spacial score (nSPS) is 31.0. The van der Waals surface area contributed by atoms with Crippen molar-refractivity contribution in [3.05, 3.63) is 0 Å². The molecule has 0 bridgehead atoms. The van der Waals surface area contributed by atoms with Crippen LogP contribution < -0.4 is 5.32 Å². The molecule has 1 unspecified atom stereocenters. The van der Waals surface area contributed by atoms with Gasteiger partial charge in [-0.15, -0.1) is 0 Å². The van der Waals surface area contributed by atoms with E-state index in [0.717, 1.165) is 51.4 Å². The summed E-state index contributed by atoms with van der Waals surface area (Å²) in [6, 6.07) is 0. The van der Waals surface area contributed by atoms with E-state index in [9.17, 15) is 5.11 Å². The lowest BCUT2D eigenvalue weighted by Crippen LogP contribution is -2.40. The summed E-state index contributed by atoms with van der Waals surface area (Å²) in [6.45, 7) is 8.38. The molecular weight excluding hydrogens is 266 g/mol. The summed E-state index contributed by atoms with van der Waals surface area (Å²) in [5, 5.41) is 13.4. The zero-order valence-electron chi connectivity index (χ0n) is 13.8. The van der Waals surface area contributed by atoms with E-state index in [-0.39, 0.29) is 0 Å². The Kier molecular flexibility index (Phi) is 6.93. The molecular formula is C17H33NO3. The number of nitrogens with one attached hydrogen (secondary N) is 1. The molecule has 1 aliphatic heterocycles. The molecule has 1 atom stereocenters. The van der Waals surface area contributed by atoms with Crippen molar-refractivity contribution < 1.29 is 14.6 Å². The molecule has 0 radical (unpaired) electrons. The second-order valence-corrected chi connectivity index (χ2v) is 7.42. The molecule has 0 aromatic carbocycles. The summed E-state index contributed by atoms with van der Waals surface area (Å²) >= 11 is 0. The van der Waals surface area contributed by atoms with Gasteiger partial charge in [0.2, 0.25) is 0 Å².